The standard InChI is InChI=1S/C17H24N6.HI/c1-3-18-17(19-11-14-7-4-6-13(2)10-14)20-12-16-22-21-15-8-5-9-23(15)16;/h4,6-7,10H,3,5,8-9,11-12H2,1-2H3,(H2,18,19,20);1H. The van der Waals surface area contributed by atoms with Gasteiger partial charge < -0.3 is 15.2 Å². The van der Waals surface area contributed by atoms with Gasteiger partial charge in [-0.1, -0.05) is 29.8 Å². The molecule has 0 radical (unpaired) electrons. The van der Waals surface area contributed by atoms with Crippen molar-refractivity contribution in [1.82, 2.24) is 25.4 Å². The van der Waals surface area contributed by atoms with Crippen LogP contribution in [0.1, 0.15) is 36.1 Å². The van der Waals surface area contributed by atoms with Crippen LogP contribution in [-0.2, 0) is 26.1 Å². The van der Waals surface area contributed by atoms with Gasteiger partial charge in [0.25, 0.3) is 0 Å². The molecule has 3 rings (SSSR count). The van der Waals surface area contributed by atoms with Crippen molar-refractivity contribution in [2.75, 3.05) is 6.54 Å². The van der Waals surface area contributed by atoms with E-state index in [4.69, 9.17) is 0 Å². The highest BCUT2D eigenvalue weighted by atomic mass is 127. The lowest BCUT2D eigenvalue weighted by atomic mass is 10.1. The summed E-state index contributed by atoms with van der Waals surface area (Å²) in [6.45, 7) is 7.33. The van der Waals surface area contributed by atoms with Crippen LogP contribution in [0.5, 0.6) is 0 Å². The van der Waals surface area contributed by atoms with Gasteiger partial charge in [-0.15, -0.1) is 34.2 Å². The molecule has 1 aliphatic rings. The van der Waals surface area contributed by atoms with Crippen LogP contribution in [0.3, 0.4) is 0 Å². The predicted octanol–water partition coefficient (Wildman–Crippen LogP) is 2.41. The van der Waals surface area contributed by atoms with E-state index in [-0.39, 0.29) is 24.0 Å². The van der Waals surface area contributed by atoms with E-state index in [1.54, 1.807) is 0 Å². The van der Waals surface area contributed by atoms with Gasteiger partial charge in [0.1, 0.15) is 5.82 Å². The number of hydrogen-bond donors (Lipinski definition) is 2. The molecule has 0 aliphatic carbocycles. The lowest BCUT2D eigenvalue weighted by Crippen LogP contribution is -2.37. The normalized spacial score (nSPS) is 13.3. The van der Waals surface area contributed by atoms with Gasteiger partial charge in [0.15, 0.2) is 11.8 Å². The van der Waals surface area contributed by atoms with Crippen LogP contribution in [0.4, 0.5) is 0 Å². The van der Waals surface area contributed by atoms with Crippen molar-refractivity contribution in [3.8, 4) is 0 Å². The molecule has 130 valence electrons. The van der Waals surface area contributed by atoms with Gasteiger partial charge >= 0.3 is 0 Å². The van der Waals surface area contributed by atoms with Crippen molar-refractivity contribution in [2.45, 2.75) is 46.3 Å². The van der Waals surface area contributed by atoms with E-state index in [9.17, 15) is 0 Å². The Kier molecular flexibility index (Phi) is 7.01. The third-order valence-electron chi connectivity index (χ3n) is 3.95. The number of rotatable bonds is 5. The number of aromatic nitrogens is 3. The molecule has 7 heteroatoms. The van der Waals surface area contributed by atoms with Gasteiger partial charge in [0.2, 0.25) is 0 Å². The van der Waals surface area contributed by atoms with Crippen LogP contribution in [0, 0.1) is 6.92 Å². The van der Waals surface area contributed by atoms with E-state index in [1.807, 2.05) is 0 Å². The molecular formula is C17H25IN6. The molecule has 0 amide bonds. The lowest BCUT2D eigenvalue weighted by molar-refractivity contribution is 0.663. The number of halogens is 1. The van der Waals surface area contributed by atoms with Crippen LogP contribution >= 0.6 is 24.0 Å². The molecule has 2 aromatic rings. The summed E-state index contributed by atoms with van der Waals surface area (Å²) in [5, 5.41) is 15.1. The molecule has 24 heavy (non-hydrogen) atoms. The molecule has 0 saturated carbocycles. The summed E-state index contributed by atoms with van der Waals surface area (Å²) in [7, 11) is 0. The summed E-state index contributed by atoms with van der Waals surface area (Å²) in [6, 6.07) is 8.44. The SMILES string of the molecule is CCNC(=NCc1cccc(C)c1)NCc1nnc2n1CCC2.I. The van der Waals surface area contributed by atoms with Crippen molar-refractivity contribution in [3.05, 3.63) is 47.0 Å². The zero-order chi connectivity index (χ0) is 16.1. The quantitative estimate of drug-likeness (QED) is 0.426. The first-order valence-electron chi connectivity index (χ1n) is 8.25. The van der Waals surface area contributed by atoms with Crippen molar-refractivity contribution >= 4 is 29.9 Å². The fourth-order valence-corrected chi connectivity index (χ4v) is 2.83. The highest BCUT2D eigenvalue weighted by Gasteiger charge is 2.16. The highest BCUT2D eigenvalue weighted by Crippen LogP contribution is 2.13. The molecule has 1 aliphatic heterocycles. The summed E-state index contributed by atoms with van der Waals surface area (Å²) < 4.78 is 2.21. The number of nitrogens with one attached hydrogen (secondary N) is 2. The molecule has 0 saturated heterocycles. The minimum Gasteiger partial charge on any atom is -0.357 e. The van der Waals surface area contributed by atoms with Crippen molar-refractivity contribution in [2.24, 2.45) is 4.99 Å². The molecule has 0 atom stereocenters. The number of fused-ring (bicyclic) bond motifs is 1. The molecule has 0 unspecified atom stereocenters. The zero-order valence-corrected chi connectivity index (χ0v) is 16.6. The minimum absolute atomic E-state index is 0. The number of aliphatic imine (C=N–C) groups is 1. The van der Waals surface area contributed by atoms with Crippen LogP contribution in [0.15, 0.2) is 29.3 Å². The van der Waals surface area contributed by atoms with Gasteiger partial charge in [0.05, 0.1) is 13.1 Å². The van der Waals surface area contributed by atoms with Crippen LogP contribution < -0.4 is 10.6 Å². The molecule has 1 aromatic carbocycles. The maximum absolute atomic E-state index is 4.65. The van der Waals surface area contributed by atoms with Crippen molar-refractivity contribution in [1.29, 1.82) is 0 Å². The Morgan fingerprint density at radius 1 is 1.29 bits per heavy atom. The van der Waals surface area contributed by atoms with E-state index in [0.29, 0.717) is 13.1 Å². The Morgan fingerprint density at radius 2 is 2.17 bits per heavy atom. The number of aryl methyl sites for hydroxylation is 2. The van der Waals surface area contributed by atoms with Gasteiger partial charge in [-0.2, -0.15) is 0 Å². The molecule has 2 N–H and O–H groups in total. The second kappa shape index (κ2) is 9.00. The van der Waals surface area contributed by atoms with E-state index in [2.05, 4.69) is 68.5 Å². The van der Waals surface area contributed by atoms with E-state index < -0.39 is 0 Å². The third-order valence-corrected chi connectivity index (χ3v) is 3.95. The topological polar surface area (TPSA) is 67.1 Å². The van der Waals surface area contributed by atoms with Gasteiger partial charge in [0, 0.05) is 19.5 Å². The molecule has 6 nitrogen and oxygen atoms in total. The molecule has 2 heterocycles. The Labute approximate surface area is 160 Å². The van der Waals surface area contributed by atoms with E-state index >= 15 is 0 Å². The fraction of sp³-hybridized carbons (Fsp3) is 0.471. The fourth-order valence-electron chi connectivity index (χ4n) is 2.83. The highest BCUT2D eigenvalue weighted by molar-refractivity contribution is 14.0. The number of guanidine groups is 1. The van der Waals surface area contributed by atoms with Crippen LogP contribution in [-0.4, -0.2) is 27.3 Å². The summed E-state index contributed by atoms with van der Waals surface area (Å²) in [6.07, 6.45) is 2.20. The lowest BCUT2D eigenvalue weighted by Gasteiger charge is -2.11. The number of hydrogen-bond acceptors (Lipinski definition) is 3. The van der Waals surface area contributed by atoms with E-state index in [1.165, 1.54) is 17.5 Å². The monoisotopic (exact) mass is 440 g/mol. The summed E-state index contributed by atoms with van der Waals surface area (Å²) in [5.41, 5.74) is 2.47. The second-order valence-electron chi connectivity index (χ2n) is 5.83. The Hall–Kier alpha value is -1.64. The molecule has 0 fully saturated rings. The second-order valence-corrected chi connectivity index (χ2v) is 5.83. The van der Waals surface area contributed by atoms with Crippen molar-refractivity contribution in [3.63, 3.8) is 0 Å². The van der Waals surface area contributed by atoms with E-state index in [0.717, 1.165) is 37.1 Å². The minimum atomic E-state index is 0. The molecule has 1 aromatic heterocycles. The number of nitrogens with zero attached hydrogens (tertiary/aromatic N) is 4. The molecule has 0 bridgehead atoms. The van der Waals surface area contributed by atoms with Gasteiger partial charge in [-0.25, -0.2) is 4.99 Å². The van der Waals surface area contributed by atoms with Gasteiger partial charge in [-0.05, 0) is 25.8 Å². The first-order valence-corrected chi connectivity index (χ1v) is 8.25. The Bertz CT molecular complexity index is 694. The average Bonchev–Trinajstić information content (AvgIpc) is 3.14. The largest absolute Gasteiger partial charge is 0.357 e. The molecule has 0 spiro atoms. The Balaban J connectivity index is 0.00000208. The molecular weight excluding hydrogens is 415 g/mol. The average molecular weight is 440 g/mol. The van der Waals surface area contributed by atoms with Crippen molar-refractivity contribution < 1.29 is 0 Å². The summed E-state index contributed by atoms with van der Waals surface area (Å²) in [4.78, 5) is 4.65. The maximum atomic E-state index is 4.65. The summed E-state index contributed by atoms with van der Waals surface area (Å²) >= 11 is 0. The number of benzene rings is 1. The first kappa shape index (κ1) is 18.7. The third kappa shape index (κ3) is 4.68. The maximum Gasteiger partial charge on any atom is 0.191 e. The van der Waals surface area contributed by atoms with Crippen LogP contribution in [0.25, 0.3) is 0 Å². The van der Waals surface area contributed by atoms with Crippen LogP contribution in [0.2, 0.25) is 0 Å². The predicted molar refractivity (Wildman–Crippen MR) is 107 cm³/mol. The van der Waals surface area contributed by atoms with Gasteiger partial charge in [-0.3, -0.25) is 0 Å². The smallest absolute Gasteiger partial charge is 0.191 e. The first-order chi connectivity index (χ1) is 11.3. The Morgan fingerprint density at radius 3 is 2.96 bits per heavy atom. The zero-order valence-electron chi connectivity index (χ0n) is 14.2. The summed E-state index contributed by atoms with van der Waals surface area (Å²) in [5.74, 6) is 2.89.